The van der Waals surface area contributed by atoms with Gasteiger partial charge in [-0.1, -0.05) is 0 Å². The lowest BCUT2D eigenvalue weighted by molar-refractivity contribution is 0.517. The molecular weight excluding hydrogens is 138 g/mol. The van der Waals surface area contributed by atoms with Crippen LogP contribution in [0.15, 0.2) is 12.4 Å². The van der Waals surface area contributed by atoms with E-state index in [1.54, 1.807) is 12.4 Å². The van der Waals surface area contributed by atoms with Crippen LogP contribution in [0, 0.1) is 0 Å². The predicted molar refractivity (Wildman–Crippen MR) is 42.2 cm³/mol. The Morgan fingerprint density at radius 1 is 1.45 bits per heavy atom. The van der Waals surface area contributed by atoms with Crippen LogP contribution in [0.1, 0.15) is 24.4 Å². The highest BCUT2D eigenvalue weighted by Gasteiger charge is 2.16. The van der Waals surface area contributed by atoms with Crippen LogP contribution in [0.5, 0.6) is 0 Å². The Labute approximate surface area is 65.9 Å². The predicted octanol–water partition coefficient (Wildman–Crippen LogP) is 0.683. The molecule has 58 valence electrons. The fourth-order valence-electron chi connectivity index (χ4n) is 1.44. The highest BCUT2D eigenvalue weighted by Crippen LogP contribution is 2.16. The van der Waals surface area contributed by atoms with Crippen molar-refractivity contribution in [2.24, 2.45) is 0 Å². The Balaban J connectivity index is 2.44. The van der Waals surface area contributed by atoms with Gasteiger partial charge in [-0.05, 0) is 6.92 Å². The zero-order valence-electron chi connectivity index (χ0n) is 6.54. The molecule has 0 unspecified atom stereocenters. The average Bonchev–Trinajstić information content (AvgIpc) is 2.06. The molecule has 11 heavy (non-hydrogen) atoms. The molecule has 3 heteroatoms. The molecule has 1 aliphatic heterocycles. The molecule has 1 aliphatic rings. The number of hydrogen-bond donors (Lipinski definition) is 1. The summed E-state index contributed by atoms with van der Waals surface area (Å²) in [6.07, 6.45) is 4.52. The second-order valence-electron chi connectivity index (χ2n) is 2.81. The van der Waals surface area contributed by atoms with E-state index in [1.807, 2.05) is 0 Å². The quantitative estimate of drug-likeness (QED) is 0.589. The van der Waals surface area contributed by atoms with Crippen LogP contribution in [0.2, 0.25) is 0 Å². The number of nitrogens with one attached hydrogen (secondary N) is 1. The fraction of sp³-hybridized carbons (Fsp3) is 0.500. The van der Waals surface area contributed by atoms with Gasteiger partial charge in [0.1, 0.15) is 0 Å². The van der Waals surface area contributed by atoms with Crippen LogP contribution < -0.4 is 5.32 Å². The summed E-state index contributed by atoms with van der Waals surface area (Å²) in [6, 6.07) is 0.368. The van der Waals surface area contributed by atoms with Crippen LogP contribution in [-0.2, 0) is 6.42 Å². The summed E-state index contributed by atoms with van der Waals surface area (Å²) in [4.78, 5) is 8.54. The number of fused-ring (bicyclic) bond motifs is 1. The maximum absolute atomic E-state index is 4.28. The monoisotopic (exact) mass is 149 g/mol. The van der Waals surface area contributed by atoms with Crippen molar-refractivity contribution in [2.45, 2.75) is 19.4 Å². The van der Waals surface area contributed by atoms with E-state index >= 15 is 0 Å². The average molecular weight is 149 g/mol. The molecule has 1 aromatic rings. The lowest BCUT2D eigenvalue weighted by atomic mass is 10.1. The summed E-state index contributed by atoms with van der Waals surface area (Å²) in [6.45, 7) is 3.14. The van der Waals surface area contributed by atoms with Crippen molar-refractivity contribution < 1.29 is 0 Å². The molecule has 0 aliphatic carbocycles. The molecule has 2 rings (SSSR count). The summed E-state index contributed by atoms with van der Waals surface area (Å²) in [5.41, 5.74) is 2.26. The van der Waals surface area contributed by atoms with Crippen LogP contribution in [0.4, 0.5) is 0 Å². The highest BCUT2D eigenvalue weighted by molar-refractivity contribution is 5.17. The van der Waals surface area contributed by atoms with E-state index in [0.29, 0.717) is 6.04 Å². The summed E-state index contributed by atoms with van der Waals surface area (Å²) in [5.74, 6) is 0. The first-order valence-corrected chi connectivity index (χ1v) is 3.91. The van der Waals surface area contributed by atoms with Crippen molar-refractivity contribution in [3.8, 4) is 0 Å². The zero-order chi connectivity index (χ0) is 7.68. The van der Waals surface area contributed by atoms with Gasteiger partial charge in [-0.15, -0.1) is 0 Å². The Kier molecular flexibility index (Phi) is 1.58. The smallest absolute Gasteiger partial charge is 0.0785 e. The van der Waals surface area contributed by atoms with Gasteiger partial charge in [0.25, 0.3) is 0 Å². The molecule has 1 aromatic heterocycles. The highest BCUT2D eigenvalue weighted by atomic mass is 15.0. The molecule has 0 radical (unpaired) electrons. The Hall–Kier alpha value is -0.960. The zero-order valence-corrected chi connectivity index (χ0v) is 6.54. The van der Waals surface area contributed by atoms with E-state index in [9.17, 15) is 0 Å². The van der Waals surface area contributed by atoms with Crippen molar-refractivity contribution in [1.29, 1.82) is 0 Å². The second kappa shape index (κ2) is 2.58. The number of aromatic nitrogens is 2. The normalized spacial score (nSPS) is 22.8. The Bertz CT molecular complexity index is 259. The first-order valence-electron chi connectivity index (χ1n) is 3.91. The van der Waals surface area contributed by atoms with E-state index in [1.165, 1.54) is 0 Å². The molecule has 2 heterocycles. The molecule has 0 saturated heterocycles. The maximum atomic E-state index is 4.28. The third-order valence-electron chi connectivity index (χ3n) is 2.03. The largest absolute Gasteiger partial charge is 0.308 e. The minimum Gasteiger partial charge on any atom is -0.308 e. The van der Waals surface area contributed by atoms with Crippen LogP contribution in [-0.4, -0.2) is 16.5 Å². The molecule has 0 bridgehead atoms. The first-order chi connectivity index (χ1) is 5.38. The van der Waals surface area contributed by atoms with Gasteiger partial charge < -0.3 is 5.32 Å². The number of rotatable bonds is 0. The molecule has 0 saturated carbocycles. The fourth-order valence-corrected chi connectivity index (χ4v) is 1.44. The van der Waals surface area contributed by atoms with Crippen LogP contribution >= 0.6 is 0 Å². The van der Waals surface area contributed by atoms with Gasteiger partial charge in [0.2, 0.25) is 0 Å². The van der Waals surface area contributed by atoms with Crippen LogP contribution in [0.25, 0.3) is 0 Å². The lowest BCUT2D eigenvalue weighted by Gasteiger charge is -2.20. The van der Waals surface area contributed by atoms with E-state index in [0.717, 1.165) is 24.4 Å². The second-order valence-corrected chi connectivity index (χ2v) is 2.81. The van der Waals surface area contributed by atoms with Crippen molar-refractivity contribution in [3.63, 3.8) is 0 Å². The van der Waals surface area contributed by atoms with E-state index in [2.05, 4.69) is 22.2 Å². The van der Waals surface area contributed by atoms with Crippen molar-refractivity contribution in [3.05, 3.63) is 23.8 Å². The van der Waals surface area contributed by atoms with Gasteiger partial charge in [0, 0.05) is 31.4 Å². The summed E-state index contributed by atoms with van der Waals surface area (Å²) in [7, 11) is 0. The number of nitrogens with zero attached hydrogens (tertiary/aromatic N) is 2. The van der Waals surface area contributed by atoms with Gasteiger partial charge in [0.15, 0.2) is 0 Å². The van der Waals surface area contributed by atoms with Crippen LogP contribution in [0.3, 0.4) is 0 Å². The SMILES string of the molecule is C[C@H]1NCCc2nccnc21. The van der Waals surface area contributed by atoms with E-state index in [4.69, 9.17) is 0 Å². The summed E-state index contributed by atoms with van der Waals surface area (Å²) < 4.78 is 0. The Morgan fingerprint density at radius 3 is 3.09 bits per heavy atom. The van der Waals surface area contributed by atoms with Gasteiger partial charge in [-0.2, -0.15) is 0 Å². The summed E-state index contributed by atoms with van der Waals surface area (Å²) >= 11 is 0. The molecule has 1 N–H and O–H groups in total. The van der Waals surface area contributed by atoms with Gasteiger partial charge in [0.05, 0.1) is 11.4 Å². The maximum Gasteiger partial charge on any atom is 0.0785 e. The minimum absolute atomic E-state index is 0.368. The third-order valence-corrected chi connectivity index (χ3v) is 2.03. The van der Waals surface area contributed by atoms with Gasteiger partial charge >= 0.3 is 0 Å². The third kappa shape index (κ3) is 1.12. The van der Waals surface area contributed by atoms with Gasteiger partial charge in [-0.25, -0.2) is 0 Å². The van der Waals surface area contributed by atoms with E-state index in [-0.39, 0.29) is 0 Å². The molecular formula is C8H11N3. The lowest BCUT2D eigenvalue weighted by Crippen LogP contribution is -2.29. The molecule has 0 aromatic carbocycles. The molecule has 0 fully saturated rings. The molecule has 0 amide bonds. The minimum atomic E-state index is 0.368. The molecule has 1 atom stereocenters. The topological polar surface area (TPSA) is 37.8 Å². The van der Waals surface area contributed by atoms with Crippen molar-refractivity contribution in [2.75, 3.05) is 6.54 Å². The number of hydrogen-bond acceptors (Lipinski definition) is 3. The first kappa shape index (κ1) is 6.73. The van der Waals surface area contributed by atoms with Crippen molar-refractivity contribution >= 4 is 0 Å². The molecule has 0 spiro atoms. The Morgan fingerprint density at radius 2 is 2.27 bits per heavy atom. The van der Waals surface area contributed by atoms with Gasteiger partial charge in [-0.3, -0.25) is 9.97 Å². The van der Waals surface area contributed by atoms with E-state index < -0.39 is 0 Å². The standard InChI is InChI=1S/C8H11N3/c1-6-8-7(2-3-9-6)10-4-5-11-8/h4-6,9H,2-3H2,1H3/t6-/m1/s1. The molecule has 3 nitrogen and oxygen atoms in total. The van der Waals surface area contributed by atoms with Crippen molar-refractivity contribution in [1.82, 2.24) is 15.3 Å². The summed E-state index contributed by atoms with van der Waals surface area (Å²) in [5, 5.41) is 3.34.